The molecule has 2 rings (SSSR count). The second-order valence-corrected chi connectivity index (χ2v) is 4.91. The number of aromatic nitrogens is 2. The van der Waals surface area contributed by atoms with Crippen molar-refractivity contribution in [3.05, 3.63) is 47.3 Å². The van der Waals surface area contributed by atoms with E-state index in [-0.39, 0.29) is 6.04 Å². The van der Waals surface area contributed by atoms with Crippen LogP contribution in [0.2, 0.25) is 0 Å². The van der Waals surface area contributed by atoms with Crippen LogP contribution in [0.3, 0.4) is 0 Å². The van der Waals surface area contributed by atoms with Crippen LogP contribution < -0.4 is 5.73 Å². The second kappa shape index (κ2) is 5.36. The fourth-order valence-corrected chi connectivity index (χ4v) is 2.08. The lowest BCUT2D eigenvalue weighted by molar-refractivity contribution is 0.642. The average molecular weight is 243 g/mol. The van der Waals surface area contributed by atoms with Crippen LogP contribution >= 0.6 is 0 Å². The molecule has 1 aromatic heterocycles. The summed E-state index contributed by atoms with van der Waals surface area (Å²) in [5, 5.41) is 4.48. The summed E-state index contributed by atoms with van der Waals surface area (Å²) in [5.74, 6) is 0. The molecule has 3 heteroatoms. The molecular formula is C15H21N3. The van der Waals surface area contributed by atoms with Crippen LogP contribution in [0.5, 0.6) is 0 Å². The summed E-state index contributed by atoms with van der Waals surface area (Å²) in [6.07, 6.45) is 3.89. The minimum absolute atomic E-state index is 0.210. The van der Waals surface area contributed by atoms with Crippen LogP contribution in [0.4, 0.5) is 0 Å². The van der Waals surface area contributed by atoms with Crippen LogP contribution in [-0.2, 0) is 6.42 Å². The number of rotatable bonds is 4. The summed E-state index contributed by atoms with van der Waals surface area (Å²) in [4.78, 5) is 0. The first-order chi connectivity index (χ1) is 8.60. The summed E-state index contributed by atoms with van der Waals surface area (Å²) < 4.78 is 1.94. The van der Waals surface area contributed by atoms with Gasteiger partial charge in [-0.1, -0.05) is 24.6 Å². The monoisotopic (exact) mass is 243 g/mol. The van der Waals surface area contributed by atoms with Gasteiger partial charge in [0.15, 0.2) is 0 Å². The molecule has 2 N–H and O–H groups in total. The van der Waals surface area contributed by atoms with Crippen LogP contribution in [-0.4, -0.2) is 15.8 Å². The molecule has 0 aliphatic heterocycles. The number of nitrogens with two attached hydrogens (primary N) is 1. The van der Waals surface area contributed by atoms with E-state index < -0.39 is 0 Å². The molecule has 0 fully saturated rings. The van der Waals surface area contributed by atoms with Crippen molar-refractivity contribution in [3.63, 3.8) is 0 Å². The SMILES string of the molecule is CCC(N)Cc1cc(C)ccc1-n1ccc(C)n1. The molecule has 1 unspecified atom stereocenters. The third-order valence-electron chi connectivity index (χ3n) is 3.21. The van der Waals surface area contributed by atoms with Gasteiger partial charge in [0.2, 0.25) is 0 Å². The zero-order chi connectivity index (χ0) is 13.1. The maximum Gasteiger partial charge on any atom is 0.0678 e. The van der Waals surface area contributed by atoms with E-state index in [9.17, 15) is 0 Å². The Hall–Kier alpha value is -1.61. The highest BCUT2D eigenvalue weighted by atomic mass is 15.3. The standard InChI is InChI=1S/C15H21N3/c1-4-14(16)10-13-9-11(2)5-6-15(13)18-8-7-12(3)17-18/h5-9,14H,4,10,16H2,1-3H3. The Kier molecular flexibility index (Phi) is 3.82. The Morgan fingerprint density at radius 1 is 1.28 bits per heavy atom. The fourth-order valence-electron chi connectivity index (χ4n) is 2.08. The second-order valence-electron chi connectivity index (χ2n) is 4.91. The summed E-state index contributed by atoms with van der Waals surface area (Å²) in [5.41, 5.74) is 10.8. The van der Waals surface area contributed by atoms with Crippen molar-refractivity contribution >= 4 is 0 Å². The van der Waals surface area contributed by atoms with Crippen molar-refractivity contribution < 1.29 is 0 Å². The average Bonchev–Trinajstić information content (AvgIpc) is 2.75. The Balaban J connectivity index is 2.40. The molecule has 0 radical (unpaired) electrons. The van der Waals surface area contributed by atoms with Gasteiger partial charge in [0.05, 0.1) is 11.4 Å². The van der Waals surface area contributed by atoms with Gasteiger partial charge in [0.25, 0.3) is 0 Å². The van der Waals surface area contributed by atoms with Crippen LogP contribution in [0, 0.1) is 13.8 Å². The zero-order valence-electron chi connectivity index (χ0n) is 11.4. The van der Waals surface area contributed by atoms with E-state index in [1.54, 1.807) is 0 Å². The number of hydrogen-bond acceptors (Lipinski definition) is 2. The third-order valence-corrected chi connectivity index (χ3v) is 3.21. The molecule has 0 bridgehead atoms. The van der Waals surface area contributed by atoms with Gasteiger partial charge in [-0.25, -0.2) is 4.68 Å². The maximum absolute atomic E-state index is 6.08. The van der Waals surface area contributed by atoms with Crippen molar-refractivity contribution in [2.75, 3.05) is 0 Å². The first-order valence-electron chi connectivity index (χ1n) is 6.48. The highest BCUT2D eigenvalue weighted by molar-refractivity contribution is 5.43. The minimum atomic E-state index is 0.210. The zero-order valence-corrected chi connectivity index (χ0v) is 11.4. The fraction of sp³-hybridized carbons (Fsp3) is 0.400. The van der Waals surface area contributed by atoms with Gasteiger partial charge in [-0.2, -0.15) is 5.10 Å². The summed E-state index contributed by atoms with van der Waals surface area (Å²) in [7, 11) is 0. The van der Waals surface area contributed by atoms with Crippen molar-refractivity contribution in [2.24, 2.45) is 5.73 Å². The van der Waals surface area contributed by atoms with E-state index in [2.05, 4.69) is 37.1 Å². The van der Waals surface area contributed by atoms with Gasteiger partial charge in [0, 0.05) is 12.2 Å². The molecule has 0 aliphatic rings. The molecule has 0 amide bonds. The molecule has 96 valence electrons. The van der Waals surface area contributed by atoms with Gasteiger partial charge >= 0.3 is 0 Å². The van der Waals surface area contributed by atoms with Crippen LogP contribution in [0.1, 0.15) is 30.2 Å². The van der Waals surface area contributed by atoms with Gasteiger partial charge in [0.1, 0.15) is 0 Å². The number of aryl methyl sites for hydroxylation is 2. The lowest BCUT2D eigenvalue weighted by Crippen LogP contribution is -2.22. The maximum atomic E-state index is 6.08. The molecule has 3 nitrogen and oxygen atoms in total. The van der Waals surface area contributed by atoms with Crippen LogP contribution in [0.15, 0.2) is 30.5 Å². The molecule has 0 saturated heterocycles. The molecule has 18 heavy (non-hydrogen) atoms. The Morgan fingerprint density at radius 2 is 2.06 bits per heavy atom. The summed E-state index contributed by atoms with van der Waals surface area (Å²) in [6, 6.07) is 8.68. The quantitative estimate of drug-likeness (QED) is 0.897. The van der Waals surface area contributed by atoms with Crippen molar-refractivity contribution in [2.45, 2.75) is 39.7 Å². The Morgan fingerprint density at radius 3 is 2.67 bits per heavy atom. The largest absolute Gasteiger partial charge is 0.327 e. The van der Waals surface area contributed by atoms with Gasteiger partial charge in [-0.05, 0) is 44.4 Å². The highest BCUT2D eigenvalue weighted by Gasteiger charge is 2.09. The van der Waals surface area contributed by atoms with Crippen molar-refractivity contribution in [1.29, 1.82) is 0 Å². The lowest BCUT2D eigenvalue weighted by Gasteiger charge is -2.14. The minimum Gasteiger partial charge on any atom is -0.327 e. The van der Waals surface area contributed by atoms with E-state index in [0.717, 1.165) is 24.2 Å². The van der Waals surface area contributed by atoms with E-state index in [1.165, 1.54) is 11.1 Å². The third kappa shape index (κ3) is 2.79. The van der Waals surface area contributed by atoms with Crippen molar-refractivity contribution in [1.82, 2.24) is 9.78 Å². The number of benzene rings is 1. The van der Waals surface area contributed by atoms with E-state index in [0.29, 0.717) is 0 Å². The molecule has 1 atom stereocenters. The highest BCUT2D eigenvalue weighted by Crippen LogP contribution is 2.18. The van der Waals surface area contributed by atoms with Gasteiger partial charge < -0.3 is 5.73 Å². The molecule has 1 heterocycles. The van der Waals surface area contributed by atoms with Crippen molar-refractivity contribution in [3.8, 4) is 5.69 Å². The van der Waals surface area contributed by atoms with Gasteiger partial charge in [-0.15, -0.1) is 0 Å². The smallest absolute Gasteiger partial charge is 0.0678 e. The molecule has 0 aliphatic carbocycles. The summed E-state index contributed by atoms with van der Waals surface area (Å²) >= 11 is 0. The Bertz CT molecular complexity index is 528. The normalized spacial score (nSPS) is 12.7. The van der Waals surface area contributed by atoms with E-state index in [1.807, 2.05) is 23.9 Å². The summed E-state index contributed by atoms with van der Waals surface area (Å²) in [6.45, 7) is 6.24. The lowest BCUT2D eigenvalue weighted by atomic mass is 10.0. The van der Waals surface area contributed by atoms with Gasteiger partial charge in [-0.3, -0.25) is 0 Å². The molecule has 0 spiro atoms. The van der Waals surface area contributed by atoms with Crippen LogP contribution in [0.25, 0.3) is 5.69 Å². The number of hydrogen-bond donors (Lipinski definition) is 1. The molecular weight excluding hydrogens is 222 g/mol. The molecule has 2 aromatic rings. The predicted octanol–water partition coefficient (Wildman–Crippen LogP) is 2.77. The first kappa shape index (κ1) is 12.8. The topological polar surface area (TPSA) is 43.8 Å². The van der Waals surface area contributed by atoms with E-state index >= 15 is 0 Å². The predicted molar refractivity (Wildman–Crippen MR) is 75.0 cm³/mol. The number of nitrogens with zero attached hydrogens (tertiary/aromatic N) is 2. The first-order valence-corrected chi connectivity index (χ1v) is 6.48. The Labute approximate surface area is 109 Å². The molecule has 0 saturated carbocycles. The molecule has 1 aromatic carbocycles. The van der Waals surface area contributed by atoms with E-state index in [4.69, 9.17) is 5.73 Å².